The summed E-state index contributed by atoms with van der Waals surface area (Å²) in [5.41, 5.74) is 2.41. The van der Waals surface area contributed by atoms with Crippen LogP contribution in [-0.4, -0.2) is 16.7 Å². The molecule has 106 valence electrons. The topological polar surface area (TPSA) is 27.1 Å². The van der Waals surface area contributed by atoms with Gasteiger partial charge >= 0.3 is 0 Å². The molecule has 1 fully saturated rings. The van der Waals surface area contributed by atoms with Gasteiger partial charge in [0.15, 0.2) is 0 Å². The van der Waals surface area contributed by atoms with Gasteiger partial charge in [-0.25, -0.2) is 4.98 Å². The number of imidazole rings is 1. The first-order chi connectivity index (χ1) is 9.86. The van der Waals surface area contributed by atoms with Crippen LogP contribution in [-0.2, 0) is 6.54 Å². The second-order valence-corrected chi connectivity index (χ2v) is 5.66. The van der Waals surface area contributed by atoms with Crippen molar-refractivity contribution in [1.29, 1.82) is 0 Å². The van der Waals surface area contributed by atoms with Gasteiger partial charge in [-0.2, -0.15) is 0 Å². The molecule has 0 aliphatic heterocycles. The van der Waals surface area contributed by atoms with Crippen LogP contribution in [0.25, 0.3) is 11.3 Å². The van der Waals surface area contributed by atoms with Crippen LogP contribution in [0.4, 0.5) is 0 Å². The van der Waals surface area contributed by atoms with E-state index in [2.05, 4.69) is 21.7 Å². The summed E-state index contributed by atoms with van der Waals surface area (Å²) < 4.78 is 7.52. The van der Waals surface area contributed by atoms with E-state index in [1.54, 1.807) is 7.11 Å². The first-order valence-electron chi connectivity index (χ1n) is 7.51. The van der Waals surface area contributed by atoms with E-state index in [0.717, 1.165) is 18.2 Å². The number of ether oxygens (including phenoxy) is 1. The van der Waals surface area contributed by atoms with Crippen molar-refractivity contribution >= 4 is 0 Å². The maximum atomic E-state index is 5.22. The van der Waals surface area contributed by atoms with Crippen LogP contribution >= 0.6 is 0 Å². The van der Waals surface area contributed by atoms with Gasteiger partial charge < -0.3 is 9.30 Å². The molecule has 0 spiro atoms. The molecule has 0 radical (unpaired) electrons. The van der Waals surface area contributed by atoms with E-state index in [4.69, 9.17) is 4.74 Å². The molecule has 1 aromatic carbocycles. The molecular formula is C17H22N2O. The predicted octanol–water partition coefficient (Wildman–Crippen LogP) is 4.14. The zero-order chi connectivity index (χ0) is 13.8. The molecule has 3 nitrogen and oxygen atoms in total. The van der Waals surface area contributed by atoms with Crippen molar-refractivity contribution in [3.05, 3.63) is 36.8 Å². The van der Waals surface area contributed by atoms with Crippen molar-refractivity contribution in [3.8, 4) is 17.0 Å². The Hall–Kier alpha value is -1.77. The molecule has 3 heteroatoms. The summed E-state index contributed by atoms with van der Waals surface area (Å²) >= 11 is 0. The minimum Gasteiger partial charge on any atom is -0.497 e. The lowest BCUT2D eigenvalue weighted by Gasteiger charge is -2.22. The third-order valence-corrected chi connectivity index (χ3v) is 4.28. The number of aromatic nitrogens is 2. The summed E-state index contributed by atoms with van der Waals surface area (Å²) in [6, 6.07) is 8.22. The predicted molar refractivity (Wildman–Crippen MR) is 80.8 cm³/mol. The smallest absolute Gasteiger partial charge is 0.118 e. The molecule has 0 saturated heterocycles. The lowest BCUT2D eigenvalue weighted by Crippen LogP contribution is -2.14. The Kier molecular flexibility index (Phi) is 4.05. The Bertz CT molecular complexity index is 538. The maximum absolute atomic E-state index is 5.22. The Balaban J connectivity index is 1.77. The van der Waals surface area contributed by atoms with E-state index >= 15 is 0 Å². The average Bonchev–Trinajstić information content (AvgIpc) is 2.96. The number of rotatable bonds is 4. The Labute approximate surface area is 120 Å². The minimum absolute atomic E-state index is 0.815. The van der Waals surface area contributed by atoms with Crippen LogP contribution in [0.5, 0.6) is 5.75 Å². The van der Waals surface area contributed by atoms with Crippen molar-refractivity contribution in [2.24, 2.45) is 5.92 Å². The maximum Gasteiger partial charge on any atom is 0.118 e. The van der Waals surface area contributed by atoms with Crippen molar-refractivity contribution in [2.45, 2.75) is 38.6 Å². The second-order valence-electron chi connectivity index (χ2n) is 5.66. The fourth-order valence-electron chi connectivity index (χ4n) is 3.12. The normalized spacial score (nSPS) is 16.2. The Morgan fingerprint density at radius 1 is 1.15 bits per heavy atom. The quantitative estimate of drug-likeness (QED) is 0.835. The van der Waals surface area contributed by atoms with E-state index in [0.29, 0.717) is 0 Å². The van der Waals surface area contributed by atoms with E-state index < -0.39 is 0 Å². The number of methoxy groups -OCH3 is 1. The van der Waals surface area contributed by atoms with Crippen molar-refractivity contribution in [3.63, 3.8) is 0 Å². The SMILES string of the molecule is COc1ccc(-c2cncn2CC2CCCCC2)cc1. The summed E-state index contributed by atoms with van der Waals surface area (Å²) in [6.45, 7) is 1.10. The van der Waals surface area contributed by atoms with Crippen LogP contribution in [0.2, 0.25) is 0 Å². The fraction of sp³-hybridized carbons (Fsp3) is 0.471. The first-order valence-corrected chi connectivity index (χ1v) is 7.51. The standard InChI is InChI=1S/C17H22N2O/c1-20-16-9-7-15(8-10-16)17-11-18-13-19(17)12-14-5-3-2-4-6-14/h7-11,13-14H,2-6,12H2,1H3. The number of hydrogen-bond donors (Lipinski definition) is 0. The van der Waals surface area contributed by atoms with Crippen LogP contribution in [0.3, 0.4) is 0 Å². The highest BCUT2D eigenvalue weighted by Crippen LogP contribution is 2.28. The van der Waals surface area contributed by atoms with Crippen LogP contribution < -0.4 is 4.74 Å². The monoisotopic (exact) mass is 270 g/mol. The van der Waals surface area contributed by atoms with Crippen LogP contribution in [0.1, 0.15) is 32.1 Å². The van der Waals surface area contributed by atoms with E-state index in [9.17, 15) is 0 Å². The highest BCUT2D eigenvalue weighted by molar-refractivity contribution is 5.59. The number of nitrogens with zero attached hydrogens (tertiary/aromatic N) is 2. The minimum atomic E-state index is 0.815. The zero-order valence-corrected chi connectivity index (χ0v) is 12.1. The van der Waals surface area contributed by atoms with E-state index in [1.807, 2.05) is 24.7 Å². The highest BCUT2D eigenvalue weighted by Gasteiger charge is 2.15. The van der Waals surface area contributed by atoms with E-state index in [1.165, 1.54) is 43.4 Å². The first kappa shape index (κ1) is 13.2. The molecule has 1 heterocycles. The van der Waals surface area contributed by atoms with Crippen molar-refractivity contribution in [2.75, 3.05) is 7.11 Å². The van der Waals surface area contributed by atoms with Crippen molar-refractivity contribution in [1.82, 2.24) is 9.55 Å². The fourth-order valence-corrected chi connectivity index (χ4v) is 3.12. The highest BCUT2D eigenvalue weighted by atomic mass is 16.5. The molecular weight excluding hydrogens is 248 g/mol. The van der Waals surface area contributed by atoms with Crippen LogP contribution in [0, 0.1) is 5.92 Å². The van der Waals surface area contributed by atoms with Gasteiger partial charge in [-0.3, -0.25) is 0 Å². The molecule has 1 aromatic heterocycles. The summed E-state index contributed by atoms with van der Waals surface area (Å²) in [4.78, 5) is 4.34. The van der Waals surface area contributed by atoms with Gasteiger partial charge in [0.25, 0.3) is 0 Å². The lowest BCUT2D eigenvalue weighted by atomic mass is 9.89. The number of hydrogen-bond acceptors (Lipinski definition) is 2. The Morgan fingerprint density at radius 3 is 2.60 bits per heavy atom. The molecule has 0 N–H and O–H groups in total. The second kappa shape index (κ2) is 6.12. The molecule has 0 amide bonds. The molecule has 2 aromatic rings. The molecule has 3 rings (SSSR count). The Morgan fingerprint density at radius 2 is 1.90 bits per heavy atom. The molecule has 0 unspecified atom stereocenters. The average molecular weight is 270 g/mol. The third-order valence-electron chi connectivity index (χ3n) is 4.28. The van der Waals surface area contributed by atoms with Gasteiger partial charge in [0.05, 0.1) is 25.3 Å². The molecule has 1 aliphatic carbocycles. The van der Waals surface area contributed by atoms with Gasteiger partial charge in [-0.1, -0.05) is 19.3 Å². The lowest BCUT2D eigenvalue weighted by molar-refractivity contribution is 0.320. The molecule has 1 saturated carbocycles. The largest absolute Gasteiger partial charge is 0.497 e. The van der Waals surface area contributed by atoms with E-state index in [-0.39, 0.29) is 0 Å². The van der Waals surface area contributed by atoms with Crippen LogP contribution in [0.15, 0.2) is 36.8 Å². The number of benzene rings is 1. The van der Waals surface area contributed by atoms with Gasteiger partial charge in [0, 0.05) is 12.1 Å². The van der Waals surface area contributed by atoms with Gasteiger partial charge in [0.2, 0.25) is 0 Å². The summed E-state index contributed by atoms with van der Waals surface area (Å²) in [5, 5.41) is 0. The summed E-state index contributed by atoms with van der Waals surface area (Å²) in [5.74, 6) is 1.71. The molecule has 0 atom stereocenters. The van der Waals surface area contributed by atoms with Gasteiger partial charge in [-0.05, 0) is 43.0 Å². The zero-order valence-electron chi connectivity index (χ0n) is 12.1. The summed E-state index contributed by atoms with van der Waals surface area (Å²) in [7, 11) is 1.70. The van der Waals surface area contributed by atoms with Crippen molar-refractivity contribution < 1.29 is 4.74 Å². The molecule has 0 bridgehead atoms. The molecule has 1 aliphatic rings. The summed E-state index contributed by atoms with van der Waals surface area (Å²) in [6.07, 6.45) is 10.8. The third kappa shape index (κ3) is 2.87. The molecule has 20 heavy (non-hydrogen) atoms. The van der Waals surface area contributed by atoms with Gasteiger partial charge in [-0.15, -0.1) is 0 Å². The van der Waals surface area contributed by atoms with Gasteiger partial charge in [0.1, 0.15) is 5.75 Å².